The third-order valence-corrected chi connectivity index (χ3v) is 4.40. The Labute approximate surface area is 103 Å². The summed E-state index contributed by atoms with van der Waals surface area (Å²) in [5, 5.41) is 0. The highest BCUT2D eigenvalue weighted by Crippen LogP contribution is 2.51. The third kappa shape index (κ3) is 1.76. The summed E-state index contributed by atoms with van der Waals surface area (Å²) >= 11 is 0. The maximum Gasteiger partial charge on any atom is 0.334 e. The van der Waals surface area contributed by atoms with Crippen molar-refractivity contribution in [2.75, 3.05) is 0 Å². The lowest BCUT2D eigenvalue weighted by Gasteiger charge is -2.44. The number of rotatable bonds is 2. The van der Waals surface area contributed by atoms with E-state index in [1.54, 1.807) is 0 Å². The maximum absolute atomic E-state index is 11.5. The average Bonchev–Trinajstić information content (AvgIpc) is 2.53. The molecule has 0 aromatic heterocycles. The molecule has 0 spiro atoms. The third-order valence-electron chi connectivity index (χ3n) is 4.40. The van der Waals surface area contributed by atoms with Crippen LogP contribution in [0.1, 0.15) is 26.7 Å². The quantitative estimate of drug-likeness (QED) is 0.415. The monoisotopic (exact) mass is 232 g/mol. The second-order valence-electron chi connectivity index (χ2n) is 5.62. The second kappa shape index (κ2) is 3.86. The van der Waals surface area contributed by atoms with Gasteiger partial charge in [-0.1, -0.05) is 31.7 Å². The fourth-order valence-corrected chi connectivity index (χ4v) is 3.24. The van der Waals surface area contributed by atoms with Gasteiger partial charge in [0.2, 0.25) is 0 Å². The van der Waals surface area contributed by atoms with Crippen LogP contribution in [0, 0.1) is 17.3 Å². The van der Waals surface area contributed by atoms with Crippen molar-refractivity contribution < 1.29 is 9.53 Å². The van der Waals surface area contributed by atoms with Crippen LogP contribution in [0.15, 0.2) is 37.0 Å². The van der Waals surface area contributed by atoms with Crippen LogP contribution in [-0.4, -0.2) is 12.1 Å². The SMILES string of the molecule is C=C[C@]1(C)C[C@H]2OC(=O)C(=C)[C@H]2CC1C(=C)C. The minimum absolute atomic E-state index is 0.0198. The topological polar surface area (TPSA) is 26.3 Å². The van der Waals surface area contributed by atoms with Crippen molar-refractivity contribution in [3.8, 4) is 0 Å². The van der Waals surface area contributed by atoms with E-state index in [2.05, 4.69) is 26.7 Å². The van der Waals surface area contributed by atoms with Gasteiger partial charge in [0, 0.05) is 11.5 Å². The number of ether oxygens (including phenoxy) is 1. The molecule has 1 aliphatic carbocycles. The van der Waals surface area contributed by atoms with Gasteiger partial charge in [0.15, 0.2) is 0 Å². The predicted octanol–water partition coefficient (Wildman–Crippen LogP) is 3.26. The summed E-state index contributed by atoms with van der Waals surface area (Å²) in [6.07, 6.45) is 3.68. The van der Waals surface area contributed by atoms with E-state index in [1.807, 2.05) is 13.0 Å². The van der Waals surface area contributed by atoms with Crippen LogP contribution in [0.25, 0.3) is 0 Å². The molecule has 1 heterocycles. The van der Waals surface area contributed by atoms with Gasteiger partial charge in [0.25, 0.3) is 0 Å². The van der Waals surface area contributed by atoms with Crippen molar-refractivity contribution in [2.45, 2.75) is 32.8 Å². The normalized spacial score (nSPS) is 40.7. The van der Waals surface area contributed by atoms with Crippen molar-refractivity contribution in [3.05, 3.63) is 37.0 Å². The van der Waals surface area contributed by atoms with Gasteiger partial charge < -0.3 is 4.74 Å². The number of hydrogen-bond donors (Lipinski definition) is 0. The Morgan fingerprint density at radius 3 is 2.76 bits per heavy atom. The molecule has 2 aliphatic rings. The first kappa shape index (κ1) is 12.2. The molecule has 1 saturated carbocycles. The van der Waals surface area contributed by atoms with Crippen LogP contribution in [0.2, 0.25) is 0 Å². The maximum atomic E-state index is 11.5. The number of fused-ring (bicyclic) bond motifs is 1. The van der Waals surface area contributed by atoms with Crippen LogP contribution < -0.4 is 0 Å². The summed E-state index contributed by atoms with van der Waals surface area (Å²) in [7, 11) is 0. The van der Waals surface area contributed by atoms with E-state index in [-0.39, 0.29) is 23.4 Å². The molecule has 0 bridgehead atoms. The van der Waals surface area contributed by atoms with Gasteiger partial charge in [-0.3, -0.25) is 0 Å². The molecule has 0 aromatic carbocycles. The van der Waals surface area contributed by atoms with Crippen molar-refractivity contribution in [3.63, 3.8) is 0 Å². The fourth-order valence-electron chi connectivity index (χ4n) is 3.24. The summed E-state index contributed by atoms with van der Waals surface area (Å²) < 4.78 is 5.39. The molecule has 17 heavy (non-hydrogen) atoms. The zero-order valence-electron chi connectivity index (χ0n) is 10.7. The Morgan fingerprint density at radius 1 is 1.59 bits per heavy atom. The van der Waals surface area contributed by atoms with Gasteiger partial charge in [0.05, 0.1) is 0 Å². The van der Waals surface area contributed by atoms with Crippen molar-refractivity contribution in [1.82, 2.24) is 0 Å². The molecule has 0 amide bonds. The Hall–Kier alpha value is -1.31. The molecule has 2 rings (SSSR count). The molecule has 1 aliphatic heterocycles. The Kier molecular flexibility index (Phi) is 2.76. The second-order valence-corrected chi connectivity index (χ2v) is 5.62. The molecular weight excluding hydrogens is 212 g/mol. The fraction of sp³-hybridized carbons (Fsp3) is 0.533. The molecule has 2 fully saturated rings. The number of carbonyl (C=O) groups is 1. The minimum atomic E-state index is -0.228. The number of carbonyl (C=O) groups excluding carboxylic acids is 1. The molecule has 2 heteroatoms. The highest BCUT2D eigenvalue weighted by atomic mass is 16.6. The Bertz CT molecular complexity index is 407. The molecule has 0 N–H and O–H groups in total. The van der Waals surface area contributed by atoms with Gasteiger partial charge in [-0.15, -0.1) is 6.58 Å². The van der Waals surface area contributed by atoms with Gasteiger partial charge in [-0.25, -0.2) is 4.79 Å². The zero-order valence-corrected chi connectivity index (χ0v) is 10.7. The Balaban J connectivity index is 2.32. The van der Waals surface area contributed by atoms with Crippen LogP contribution >= 0.6 is 0 Å². The van der Waals surface area contributed by atoms with Crippen LogP contribution in [-0.2, 0) is 9.53 Å². The molecule has 1 saturated heterocycles. The molecule has 0 aromatic rings. The average molecular weight is 232 g/mol. The molecule has 4 atom stereocenters. The minimum Gasteiger partial charge on any atom is -0.458 e. The lowest BCUT2D eigenvalue weighted by Crippen LogP contribution is -2.40. The number of hydrogen-bond acceptors (Lipinski definition) is 2. The van der Waals surface area contributed by atoms with Crippen LogP contribution in [0.4, 0.5) is 0 Å². The van der Waals surface area contributed by atoms with E-state index < -0.39 is 0 Å². The standard InChI is InChI=1S/C15H20O2/c1-6-15(5)8-13-11(7-12(15)9(2)3)10(4)14(16)17-13/h6,11-13H,1-2,4,7-8H2,3,5H3/t11-,12?,13-,15-/m1/s1. The smallest absolute Gasteiger partial charge is 0.334 e. The molecule has 0 radical (unpaired) electrons. The number of allylic oxidation sites excluding steroid dienone is 2. The van der Waals surface area contributed by atoms with E-state index >= 15 is 0 Å². The largest absolute Gasteiger partial charge is 0.458 e. The van der Waals surface area contributed by atoms with Gasteiger partial charge in [0.1, 0.15) is 6.10 Å². The van der Waals surface area contributed by atoms with Crippen molar-refractivity contribution in [1.29, 1.82) is 0 Å². The molecular formula is C15H20O2. The summed E-state index contributed by atoms with van der Waals surface area (Å²) in [6.45, 7) is 16.1. The van der Waals surface area contributed by atoms with E-state index in [9.17, 15) is 4.79 Å². The summed E-state index contributed by atoms with van der Waals surface area (Å²) in [5.74, 6) is 0.290. The van der Waals surface area contributed by atoms with E-state index in [1.165, 1.54) is 0 Å². The van der Waals surface area contributed by atoms with Crippen LogP contribution in [0.5, 0.6) is 0 Å². The summed E-state index contributed by atoms with van der Waals surface area (Å²) in [6, 6.07) is 0. The first-order valence-electron chi connectivity index (χ1n) is 6.08. The van der Waals surface area contributed by atoms with E-state index in [4.69, 9.17) is 4.74 Å². The highest BCUT2D eigenvalue weighted by Gasteiger charge is 2.50. The molecule has 1 unspecified atom stereocenters. The van der Waals surface area contributed by atoms with Gasteiger partial charge in [-0.05, 0) is 31.1 Å². The first-order valence-corrected chi connectivity index (χ1v) is 6.08. The van der Waals surface area contributed by atoms with Crippen molar-refractivity contribution >= 4 is 5.97 Å². The van der Waals surface area contributed by atoms with Crippen LogP contribution in [0.3, 0.4) is 0 Å². The van der Waals surface area contributed by atoms with Gasteiger partial charge in [-0.2, -0.15) is 0 Å². The predicted molar refractivity (Wildman–Crippen MR) is 68.4 cm³/mol. The summed E-state index contributed by atoms with van der Waals surface area (Å²) in [5.41, 5.74) is 1.75. The van der Waals surface area contributed by atoms with E-state index in [0.717, 1.165) is 18.4 Å². The molecule has 92 valence electrons. The van der Waals surface area contributed by atoms with E-state index in [0.29, 0.717) is 11.5 Å². The van der Waals surface area contributed by atoms with Gasteiger partial charge >= 0.3 is 5.97 Å². The first-order chi connectivity index (χ1) is 7.89. The van der Waals surface area contributed by atoms with Crippen molar-refractivity contribution in [2.24, 2.45) is 17.3 Å². The lowest BCUT2D eigenvalue weighted by molar-refractivity contribution is -0.141. The molecule has 2 nitrogen and oxygen atoms in total. The Morgan fingerprint density at radius 2 is 2.24 bits per heavy atom. The highest BCUT2D eigenvalue weighted by molar-refractivity contribution is 5.90. The number of esters is 1. The lowest BCUT2D eigenvalue weighted by atomic mass is 9.61. The zero-order chi connectivity index (χ0) is 12.8. The summed E-state index contributed by atoms with van der Waals surface area (Å²) in [4.78, 5) is 11.5.